The van der Waals surface area contributed by atoms with Crippen molar-refractivity contribution in [3.63, 3.8) is 0 Å². The fourth-order valence-electron chi connectivity index (χ4n) is 1.54. The highest BCUT2D eigenvalue weighted by Gasteiger charge is 2.05. The van der Waals surface area contributed by atoms with Crippen LogP contribution >= 0.6 is 12.2 Å². The lowest BCUT2D eigenvalue weighted by molar-refractivity contribution is 0.562. The molecule has 0 aliphatic carbocycles. The van der Waals surface area contributed by atoms with Crippen LogP contribution in [0.4, 0.5) is 5.82 Å². The third-order valence-corrected chi connectivity index (χ3v) is 2.83. The van der Waals surface area contributed by atoms with Crippen LogP contribution in [0.15, 0.2) is 42.6 Å². The molecule has 89 valence electrons. The van der Waals surface area contributed by atoms with Gasteiger partial charge in [0, 0.05) is 17.3 Å². The predicted molar refractivity (Wildman–Crippen MR) is 75.5 cm³/mol. The van der Waals surface area contributed by atoms with E-state index in [0.29, 0.717) is 16.4 Å². The Balaban J connectivity index is 2.16. The minimum absolute atomic E-state index is 0.419. The fraction of sp³-hybridized carbons (Fsp3) is 0.0714. The van der Waals surface area contributed by atoms with E-state index in [1.165, 1.54) is 6.20 Å². The van der Waals surface area contributed by atoms with Crippen LogP contribution in [0.5, 0.6) is 0 Å². The van der Waals surface area contributed by atoms with Gasteiger partial charge in [-0.2, -0.15) is 0 Å². The Hall–Kier alpha value is -2.07. The van der Waals surface area contributed by atoms with E-state index in [1.54, 1.807) is 18.4 Å². The third kappa shape index (κ3) is 2.78. The van der Waals surface area contributed by atoms with Gasteiger partial charge in [0.05, 0.1) is 0 Å². The summed E-state index contributed by atoms with van der Waals surface area (Å²) in [5.74, 6) is 0.613. The number of carbonyl (C=O) groups excluding carboxylic acids is 1. The maximum Gasteiger partial charge on any atom is 0.235 e. The summed E-state index contributed by atoms with van der Waals surface area (Å²) in [5, 5.41) is 3.04. The van der Waals surface area contributed by atoms with Crippen LogP contribution in [-0.4, -0.2) is 16.3 Å². The van der Waals surface area contributed by atoms with Gasteiger partial charge in [0.25, 0.3) is 0 Å². The number of hydrogen-bond acceptors (Lipinski definition) is 3. The second kappa shape index (κ2) is 5.51. The Labute approximate surface area is 111 Å². The van der Waals surface area contributed by atoms with Crippen LogP contribution in [0.25, 0.3) is 0 Å². The van der Waals surface area contributed by atoms with E-state index < -0.39 is 0 Å². The second-order valence-electron chi connectivity index (χ2n) is 3.80. The number of nitrogens with zero attached hydrogens (tertiary/aromatic N) is 1. The third-order valence-electron chi connectivity index (χ3n) is 2.51. The molecule has 0 fully saturated rings. The molecule has 0 bridgehead atoms. The van der Waals surface area contributed by atoms with E-state index in [2.05, 4.69) is 10.3 Å². The SMILES string of the molecule is Cc1ccccc1C(=S)Nc1ccc([C]=O)cn1. The van der Waals surface area contributed by atoms with Crippen molar-refractivity contribution in [1.29, 1.82) is 0 Å². The number of aromatic nitrogens is 1. The number of anilines is 1. The van der Waals surface area contributed by atoms with E-state index in [-0.39, 0.29) is 0 Å². The minimum atomic E-state index is 0.419. The second-order valence-corrected chi connectivity index (χ2v) is 4.21. The number of rotatable bonds is 3. The first kappa shape index (κ1) is 12.4. The molecule has 0 saturated carbocycles. The maximum absolute atomic E-state index is 10.4. The fourth-order valence-corrected chi connectivity index (χ4v) is 1.87. The molecule has 1 heterocycles. The number of pyridine rings is 1. The normalized spacial score (nSPS) is 9.83. The van der Waals surface area contributed by atoms with Gasteiger partial charge in [-0.25, -0.2) is 4.98 Å². The van der Waals surface area contributed by atoms with Gasteiger partial charge in [-0.05, 0) is 24.6 Å². The van der Waals surface area contributed by atoms with Crippen LogP contribution in [0.3, 0.4) is 0 Å². The molecule has 1 aromatic heterocycles. The van der Waals surface area contributed by atoms with Crippen molar-refractivity contribution < 1.29 is 4.79 Å². The van der Waals surface area contributed by atoms with Crippen LogP contribution in [0.2, 0.25) is 0 Å². The summed E-state index contributed by atoms with van der Waals surface area (Å²) in [6.45, 7) is 2.00. The predicted octanol–water partition coefficient (Wildman–Crippen LogP) is 2.64. The molecule has 1 aromatic carbocycles. The van der Waals surface area contributed by atoms with Crippen molar-refractivity contribution in [3.8, 4) is 0 Å². The average Bonchev–Trinajstić information content (AvgIpc) is 2.40. The van der Waals surface area contributed by atoms with Crippen LogP contribution in [-0.2, 0) is 4.79 Å². The standard InChI is InChI=1S/C14H11N2OS/c1-10-4-2-3-5-12(10)14(18)16-13-7-6-11(9-17)8-15-13/h2-8H,1H3,(H,15,16,18). The molecular weight excluding hydrogens is 244 g/mol. The highest BCUT2D eigenvalue weighted by Crippen LogP contribution is 2.11. The van der Waals surface area contributed by atoms with Crippen molar-refractivity contribution in [2.24, 2.45) is 0 Å². The first-order chi connectivity index (χ1) is 8.70. The van der Waals surface area contributed by atoms with Crippen molar-refractivity contribution in [3.05, 3.63) is 59.3 Å². The van der Waals surface area contributed by atoms with Gasteiger partial charge in [-0.1, -0.05) is 36.5 Å². The van der Waals surface area contributed by atoms with Gasteiger partial charge >= 0.3 is 0 Å². The molecule has 0 aliphatic rings. The molecule has 0 spiro atoms. The minimum Gasteiger partial charge on any atom is -0.331 e. The van der Waals surface area contributed by atoms with E-state index in [9.17, 15) is 4.79 Å². The van der Waals surface area contributed by atoms with E-state index in [4.69, 9.17) is 12.2 Å². The van der Waals surface area contributed by atoms with Gasteiger partial charge in [-0.3, -0.25) is 4.79 Å². The molecule has 1 radical (unpaired) electrons. The molecule has 0 atom stereocenters. The molecule has 2 rings (SSSR count). The summed E-state index contributed by atoms with van der Waals surface area (Å²) < 4.78 is 0. The zero-order valence-electron chi connectivity index (χ0n) is 9.81. The first-order valence-electron chi connectivity index (χ1n) is 5.42. The molecule has 0 aliphatic heterocycles. The molecule has 3 nitrogen and oxygen atoms in total. The van der Waals surface area contributed by atoms with Crippen molar-refractivity contribution in [2.45, 2.75) is 6.92 Å². The first-order valence-corrected chi connectivity index (χ1v) is 5.83. The Morgan fingerprint density at radius 3 is 2.67 bits per heavy atom. The zero-order chi connectivity index (χ0) is 13.0. The molecular formula is C14H11N2OS. The highest BCUT2D eigenvalue weighted by molar-refractivity contribution is 7.81. The summed E-state index contributed by atoms with van der Waals surface area (Å²) >= 11 is 5.32. The largest absolute Gasteiger partial charge is 0.331 e. The number of aryl methyl sites for hydroxylation is 1. The number of hydrogen-bond donors (Lipinski definition) is 1. The van der Waals surface area contributed by atoms with E-state index in [0.717, 1.165) is 11.1 Å². The van der Waals surface area contributed by atoms with Gasteiger partial charge < -0.3 is 5.32 Å². The average molecular weight is 255 g/mol. The summed E-state index contributed by atoms with van der Waals surface area (Å²) in [4.78, 5) is 15.1. The Bertz CT molecular complexity index is 579. The van der Waals surface area contributed by atoms with Gasteiger partial charge in [0.2, 0.25) is 6.29 Å². The van der Waals surface area contributed by atoms with E-state index >= 15 is 0 Å². The van der Waals surface area contributed by atoms with Gasteiger partial charge in [-0.15, -0.1) is 0 Å². The Morgan fingerprint density at radius 2 is 2.06 bits per heavy atom. The number of benzene rings is 1. The Morgan fingerprint density at radius 1 is 1.28 bits per heavy atom. The van der Waals surface area contributed by atoms with Crippen LogP contribution in [0, 0.1) is 6.92 Å². The molecule has 0 amide bonds. The van der Waals surface area contributed by atoms with Crippen molar-refractivity contribution in [2.75, 3.05) is 5.32 Å². The molecule has 0 saturated heterocycles. The topological polar surface area (TPSA) is 42.0 Å². The maximum atomic E-state index is 10.4. The van der Waals surface area contributed by atoms with E-state index in [1.807, 2.05) is 31.2 Å². The van der Waals surface area contributed by atoms with Crippen LogP contribution in [0.1, 0.15) is 16.7 Å². The Kier molecular flexibility index (Phi) is 3.79. The number of nitrogens with one attached hydrogen (secondary N) is 1. The van der Waals surface area contributed by atoms with Crippen molar-refractivity contribution in [1.82, 2.24) is 4.98 Å². The van der Waals surface area contributed by atoms with Crippen LogP contribution < -0.4 is 5.32 Å². The summed E-state index contributed by atoms with van der Waals surface area (Å²) in [7, 11) is 0. The highest BCUT2D eigenvalue weighted by atomic mass is 32.1. The molecule has 18 heavy (non-hydrogen) atoms. The summed E-state index contributed by atoms with van der Waals surface area (Å²) in [6.07, 6.45) is 3.23. The lowest BCUT2D eigenvalue weighted by Crippen LogP contribution is -2.12. The van der Waals surface area contributed by atoms with Gasteiger partial charge in [0.15, 0.2) is 0 Å². The lowest BCUT2D eigenvalue weighted by atomic mass is 10.1. The van der Waals surface area contributed by atoms with Gasteiger partial charge in [0.1, 0.15) is 10.8 Å². The summed E-state index contributed by atoms with van der Waals surface area (Å²) in [6, 6.07) is 11.2. The quantitative estimate of drug-likeness (QED) is 0.856. The molecule has 1 N–H and O–H groups in total. The van der Waals surface area contributed by atoms with Crippen molar-refractivity contribution >= 4 is 29.3 Å². The zero-order valence-corrected chi connectivity index (χ0v) is 10.6. The molecule has 0 unspecified atom stereocenters. The lowest BCUT2D eigenvalue weighted by Gasteiger charge is -2.09. The molecule has 4 heteroatoms. The smallest absolute Gasteiger partial charge is 0.235 e. The monoisotopic (exact) mass is 255 g/mol. The summed E-state index contributed by atoms with van der Waals surface area (Å²) in [5.41, 5.74) is 2.50. The number of thiocarbonyl (C=S) groups is 1. The molecule has 2 aromatic rings.